The number of nitrogens with zero attached hydrogens (tertiary/aromatic N) is 4. The van der Waals surface area contributed by atoms with Crippen molar-refractivity contribution in [2.75, 3.05) is 17.4 Å². The van der Waals surface area contributed by atoms with Crippen molar-refractivity contribution in [1.82, 2.24) is 9.97 Å². The summed E-state index contributed by atoms with van der Waals surface area (Å²) < 4.78 is 0.969. The Morgan fingerprint density at radius 3 is 2.62 bits per heavy atom. The molecule has 0 fully saturated rings. The van der Waals surface area contributed by atoms with E-state index < -0.39 is 4.92 Å². The zero-order valence-electron chi connectivity index (χ0n) is 11.2. The van der Waals surface area contributed by atoms with Crippen LogP contribution in [0.15, 0.2) is 35.1 Å². The standard InChI is InChI=1S/C12H13BrN6O2/c1-18(6-8-2-4-9(13)5-3-8)12-10(19(20)21)11(17-14)15-7-16-12/h2-5,7H,6,14H2,1H3,(H,15,16,17). The van der Waals surface area contributed by atoms with Gasteiger partial charge in [-0.1, -0.05) is 28.1 Å². The van der Waals surface area contributed by atoms with Crippen molar-refractivity contribution < 1.29 is 4.92 Å². The average Bonchev–Trinajstić information content (AvgIpc) is 2.48. The maximum atomic E-state index is 11.2. The SMILES string of the molecule is CN(Cc1ccc(Br)cc1)c1ncnc(NN)c1[N+](=O)[O-]. The Labute approximate surface area is 129 Å². The Balaban J connectivity index is 2.32. The number of rotatable bonds is 5. The van der Waals surface area contributed by atoms with Crippen LogP contribution < -0.4 is 16.2 Å². The van der Waals surface area contributed by atoms with E-state index in [-0.39, 0.29) is 17.3 Å². The first kappa shape index (κ1) is 15.1. The molecule has 9 heteroatoms. The van der Waals surface area contributed by atoms with Gasteiger partial charge in [0.1, 0.15) is 6.33 Å². The van der Waals surface area contributed by atoms with Crippen molar-refractivity contribution in [1.29, 1.82) is 0 Å². The van der Waals surface area contributed by atoms with Crippen molar-refractivity contribution in [2.24, 2.45) is 5.84 Å². The Kier molecular flexibility index (Phi) is 4.66. The minimum absolute atomic E-state index is 0.0207. The van der Waals surface area contributed by atoms with Crippen LogP contribution in [0.2, 0.25) is 0 Å². The molecule has 110 valence electrons. The highest BCUT2D eigenvalue weighted by Gasteiger charge is 2.25. The van der Waals surface area contributed by atoms with Crippen LogP contribution in [0, 0.1) is 10.1 Å². The van der Waals surface area contributed by atoms with Gasteiger partial charge in [-0.2, -0.15) is 0 Å². The quantitative estimate of drug-likeness (QED) is 0.481. The van der Waals surface area contributed by atoms with Crippen LogP contribution in [0.1, 0.15) is 5.56 Å². The van der Waals surface area contributed by atoms with Gasteiger partial charge >= 0.3 is 5.69 Å². The summed E-state index contributed by atoms with van der Waals surface area (Å²) in [5, 5.41) is 11.2. The highest BCUT2D eigenvalue weighted by Crippen LogP contribution is 2.31. The summed E-state index contributed by atoms with van der Waals surface area (Å²) in [5.74, 6) is 5.44. The number of nitrogens with one attached hydrogen (secondary N) is 1. The van der Waals surface area contributed by atoms with Crippen LogP contribution in [-0.2, 0) is 6.54 Å². The zero-order chi connectivity index (χ0) is 15.4. The fraction of sp³-hybridized carbons (Fsp3) is 0.167. The molecule has 0 unspecified atom stereocenters. The minimum Gasteiger partial charge on any atom is -0.349 e. The van der Waals surface area contributed by atoms with Crippen LogP contribution in [-0.4, -0.2) is 21.9 Å². The second-order valence-corrected chi connectivity index (χ2v) is 5.19. The number of anilines is 2. The number of benzene rings is 1. The normalized spacial score (nSPS) is 10.2. The van der Waals surface area contributed by atoms with Gasteiger partial charge in [-0.25, -0.2) is 15.8 Å². The number of halogens is 1. The summed E-state index contributed by atoms with van der Waals surface area (Å²) in [4.78, 5) is 20.1. The third-order valence-electron chi connectivity index (χ3n) is 2.82. The van der Waals surface area contributed by atoms with Gasteiger partial charge in [-0.05, 0) is 17.7 Å². The summed E-state index contributed by atoms with van der Waals surface area (Å²) in [7, 11) is 1.72. The largest absolute Gasteiger partial charge is 0.354 e. The molecule has 0 aliphatic carbocycles. The van der Waals surface area contributed by atoms with Gasteiger partial charge in [-0.3, -0.25) is 10.1 Å². The fourth-order valence-corrected chi connectivity index (χ4v) is 2.13. The summed E-state index contributed by atoms with van der Waals surface area (Å²) in [5.41, 5.74) is 2.96. The number of nitrogens with two attached hydrogens (primary N) is 1. The van der Waals surface area contributed by atoms with Crippen molar-refractivity contribution in [3.8, 4) is 0 Å². The second kappa shape index (κ2) is 6.46. The van der Waals surface area contributed by atoms with E-state index in [1.807, 2.05) is 24.3 Å². The van der Waals surface area contributed by atoms with Gasteiger partial charge in [0.25, 0.3) is 0 Å². The molecule has 0 aliphatic heterocycles. The lowest BCUT2D eigenvalue weighted by Crippen LogP contribution is -2.21. The summed E-state index contributed by atoms with van der Waals surface area (Å²) in [6.07, 6.45) is 1.23. The summed E-state index contributed by atoms with van der Waals surface area (Å²) in [6.45, 7) is 0.467. The number of hydrazine groups is 1. The van der Waals surface area contributed by atoms with Gasteiger partial charge in [0, 0.05) is 18.1 Å². The van der Waals surface area contributed by atoms with E-state index in [1.165, 1.54) is 6.33 Å². The Morgan fingerprint density at radius 1 is 1.38 bits per heavy atom. The molecule has 2 rings (SSSR count). The first-order valence-corrected chi connectivity index (χ1v) is 6.73. The van der Waals surface area contributed by atoms with E-state index in [2.05, 4.69) is 31.3 Å². The lowest BCUT2D eigenvalue weighted by Gasteiger charge is -2.18. The lowest BCUT2D eigenvalue weighted by molar-refractivity contribution is -0.383. The topological polar surface area (TPSA) is 110 Å². The van der Waals surface area contributed by atoms with Crippen LogP contribution in [0.4, 0.5) is 17.3 Å². The summed E-state index contributed by atoms with van der Waals surface area (Å²) in [6, 6.07) is 7.67. The number of nitro groups is 1. The Hall–Kier alpha value is -2.26. The van der Waals surface area contributed by atoms with E-state index in [9.17, 15) is 10.1 Å². The van der Waals surface area contributed by atoms with E-state index in [0.717, 1.165) is 10.0 Å². The molecule has 0 spiro atoms. The lowest BCUT2D eigenvalue weighted by atomic mass is 10.2. The average molecular weight is 353 g/mol. The Morgan fingerprint density at radius 2 is 2.05 bits per heavy atom. The van der Waals surface area contributed by atoms with Crippen LogP contribution in [0.5, 0.6) is 0 Å². The first-order chi connectivity index (χ1) is 10.0. The van der Waals surface area contributed by atoms with Crippen molar-refractivity contribution in [3.63, 3.8) is 0 Å². The molecule has 0 saturated heterocycles. The third kappa shape index (κ3) is 3.44. The minimum atomic E-state index is -0.553. The van der Waals surface area contributed by atoms with Gasteiger partial charge in [0.2, 0.25) is 11.6 Å². The monoisotopic (exact) mass is 352 g/mol. The molecule has 1 aromatic heterocycles. The van der Waals surface area contributed by atoms with E-state index in [1.54, 1.807) is 11.9 Å². The molecular weight excluding hydrogens is 340 g/mol. The number of hydrogen-bond donors (Lipinski definition) is 2. The number of aromatic nitrogens is 2. The highest BCUT2D eigenvalue weighted by atomic mass is 79.9. The molecule has 1 aromatic carbocycles. The molecule has 0 amide bonds. The smallest absolute Gasteiger partial charge is 0.349 e. The predicted octanol–water partition coefficient (Wildman–Crippen LogP) is 2.07. The van der Waals surface area contributed by atoms with Gasteiger partial charge in [-0.15, -0.1) is 0 Å². The van der Waals surface area contributed by atoms with Crippen LogP contribution in [0.3, 0.4) is 0 Å². The molecule has 0 aliphatic rings. The molecule has 21 heavy (non-hydrogen) atoms. The molecule has 1 heterocycles. The molecule has 0 bridgehead atoms. The second-order valence-electron chi connectivity index (χ2n) is 4.28. The van der Waals surface area contributed by atoms with Gasteiger partial charge in [0.05, 0.1) is 4.92 Å². The number of nitrogen functional groups attached to an aromatic ring is 1. The maximum Gasteiger partial charge on any atom is 0.354 e. The van der Waals surface area contributed by atoms with Gasteiger partial charge in [0.15, 0.2) is 0 Å². The van der Waals surface area contributed by atoms with Crippen molar-refractivity contribution in [3.05, 3.63) is 50.7 Å². The van der Waals surface area contributed by atoms with Crippen LogP contribution in [0.25, 0.3) is 0 Å². The summed E-state index contributed by atoms with van der Waals surface area (Å²) >= 11 is 3.36. The molecule has 8 nitrogen and oxygen atoms in total. The molecule has 2 aromatic rings. The van der Waals surface area contributed by atoms with Crippen molar-refractivity contribution in [2.45, 2.75) is 6.54 Å². The molecule has 3 N–H and O–H groups in total. The van der Waals surface area contributed by atoms with E-state index in [4.69, 9.17) is 5.84 Å². The van der Waals surface area contributed by atoms with E-state index >= 15 is 0 Å². The maximum absolute atomic E-state index is 11.2. The fourth-order valence-electron chi connectivity index (χ4n) is 1.86. The van der Waals surface area contributed by atoms with Crippen molar-refractivity contribution >= 4 is 33.3 Å². The molecule has 0 radical (unpaired) electrons. The molecule has 0 saturated carbocycles. The predicted molar refractivity (Wildman–Crippen MR) is 82.7 cm³/mol. The number of hydrogen-bond acceptors (Lipinski definition) is 7. The Bertz CT molecular complexity index is 649. The van der Waals surface area contributed by atoms with Gasteiger partial charge < -0.3 is 10.3 Å². The zero-order valence-corrected chi connectivity index (χ0v) is 12.7. The van der Waals surface area contributed by atoms with Crippen LogP contribution >= 0.6 is 15.9 Å². The third-order valence-corrected chi connectivity index (χ3v) is 3.35. The van der Waals surface area contributed by atoms with E-state index in [0.29, 0.717) is 6.54 Å². The molecule has 0 atom stereocenters. The molecular formula is C12H13BrN6O2. The first-order valence-electron chi connectivity index (χ1n) is 5.94. The highest BCUT2D eigenvalue weighted by molar-refractivity contribution is 9.10.